The molecule has 1 saturated carbocycles. The second-order valence-corrected chi connectivity index (χ2v) is 9.55. The molecule has 0 heterocycles. The van der Waals surface area contributed by atoms with Gasteiger partial charge in [0.1, 0.15) is 17.5 Å². The second-order valence-electron chi connectivity index (χ2n) is 9.55. The van der Waals surface area contributed by atoms with Crippen molar-refractivity contribution in [2.24, 2.45) is 5.92 Å². The average Bonchev–Trinajstić information content (AvgIpc) is 2.83. The second kappa shape index (κ2) is 10.9. The van der Waals surface area contributed by atoms with Crippen LogP contribution < -0.4 is 0 Å². The van der Waals surface area contributed by atoms with E-state index in [1.807, 2.05) is 6.07 Å². The zero-order valence-electron chi connectivity index (χ0n) is 20.0. The summed E-state index contributed by atoms with van der Waals surface area (Å²) in [5.41, 5.74) is 1.97. The van der Waals surface area contributed by atoms with Crippen LogP contribution in [0.25, 0.3) is 28.3 Å². The summed E-state index contributed by atoms with van der Waals surface area (Å²) in [4.78, 5) is 0. The van der Waals surface area contributed by atoms with Crippen molar-refractivity contribution in [3.63, 3.8) is 0 Å². The number of hydrogen-bond donors (Lipinski definition) is 0. The molecule has 3 aromatic carbocycles. The summed E-state index contributed by atoms with van der Waals surface area (Å²) in [6.07, 6.45) is 2.48. The van der Waals surface area contributed by atoms with Crippen molar-refractivity contribution in [2.75, 3.05) is 0 Å². The van der Waals surface area contributed by atoms with Gasteiger partial charge in [0.15, 0.2) is 0 Å². The number of rotatable bonds is 6. The Morgan fingerprint density at radius 3 is 1.92 bits per heavy atom. The lowest BCUT2D eigenvalue weighted by molar-refractivity contribution is -0.0790. The maximum absolute atomic E-state index is 15.0. The highest BCUT2D eigenvalue weighted by atomic mass is 19.4. The van der Waals surface area contributed by atoms with E-state index < -0.39 is 23.4 Å². The summed E-state index contributed by atoms with van der Waals surface area (Å²) in [5, 5.41) is 0. The Morgan fingerprint density at radius 2 is 1.36 bits per heavy atom. The first-order valence-electron chi connectivity index (χ1n) is 12.3. The molecule has 0 atom stereocenters. The monoisotopic (exact) mass is 502 g/mol. The maximum Gasteiger partial charge on any atom is 0.409 e. The van der Waals surface area contributed by atoms with E-state index in [1.54, 1.807) is 36.4 Å². The van der Waals surface area contributed by atoms with E-state index in [-0.39, 0.29) is 17.5 Å². The number of alkyl halides is 3. The van der Waals surface area contributed by atoms with Gasteiger partial charge in [-0.1, -0.05) is 56.2 Å². The molecule has 1 aliphatic carbocycles. The summed E-state index contributed by atoms with van der Waals surface area (Å²) in [5.74, 6) is -1.35. The minimum atomic E-state index is -4.67. The van der Waals surface area contributed by atoms with E-state index in [4.69, 9.17) is 0 Å². The summed E-state index contributed by atoms with van der Waals surface area (Å²) in [6, 6.07) is 13.9. The van der Waals surface area contributed by atoms with Gasteiger partial charge in [-0.3, -0.25) is 0 Å². The highest BCUT2D eigenvalue weighted by Crippen LogP contribution is 2.39. The van der Waals surface area contributed by atoms with Crippen LogP contribution in [-0.2, 0) is 0 Å². The van der Waals surface area contributed by atoms with E-state index in [1.165, 1.54) is 25.7 Å². The Labute approximate surface area is 207 Å². The number of halogens is 6. The van der Waals surface area contributed by atoms with E-state index in [9.17, 15) is 22.0 Å². The van der Waals surface area contributed by atoms with Gasteiger partial charge in [-0.15, -0.1) is 0 Å². The number of allylic oxidation sites excluding steroid dienone is 1. The number of benzene rings is 3. The van der Waals surface area contributed by atoms with Crippen molar-refractivity contribution in [1.82, 2.24) is 0 Å². The zero-order valence-corrected chi connectivity index (χ0v) is 20.0. The minimum Gasteiger partial charge on any atom is -0.206 e. The minimum absolute atomic E-state index is 0.176. The van der Waals surface area contributed by atoms with Crippen LogP contribution in [0, 0.1) is 23.4 Å². The highest BCUT2D eigenvalue weighted by Gasteiger charge is 2.24. The summed E-state index contributed by atoms with van der Waals surface area (Å²) < 4.78 is 80.7. The van der Waals surface area contributed by atoms with Crippen molar-refractivity contribution in [3.8, 4) is 22.3 Å². The van der Waals surface area contributed by atoms with Crippen LogP contribution in [0.5, 0.6) is 0 Å². The van der Waals surface area contributed by atoms with Gasteiger partial charge < -0.3 is 0 Å². The van der Waals surface area contributed by atoms with E-state index >= 15 is 4.39 Å². The van der Waals surface area contributed by atoms with Gasteiger partial charge in [-0.05, 0) is 84.0 Å². The quantitative estimate of drug-likeness (QED) is 0.294. The third kappa shape index (κ3) is 6.21. The fourth-order valence-corrected chi connectivity index (χ4v) is 5.14. The Balaban J connectivity index is 1.50. The Morgan fingerprint density at radius 1 is 0.750 bits per heavy atom. The first kappa shape index (κ1) is 26.1. The van der Waals surface area contributed by atoms with Crippen LogP contribution in [0.1, 0.15) is 62.5 Å². The molecule has 0 amide bonds. The molecule has 4 rings (SSSR count). The predicted octanol–water partition coefficient (Wildman–Crippen LogP) is 10.1. The average molecular weight is 503 g/mol. The molecular formula is C30H28F6. The van der Waals surface area contributed by atoms with Crippen molar-refractivity contribution >= 4 is 6.08 Å². The topological polar surface area (TPSA) is 0 Å². The SMILES string of the molecule is CCCC1CCC(c2ccc(-c3ccc(-c4cc(F)c(C=CC(F)(F)F)c(F)c4)cc3)c(F)c2)CC1. The lowest BCUT2D eigenvalue weighted by atomic mass is 9.77. The van der Waals surface area contributed by atoms with E-state index in [2.05, 4.69) is 6.92 Å². The lowest BCUT2D eigenvalue weighted by Crippen LogP contribution is -2.13. The number of hydrogen-bond acceptors (Lipinski definition) is 0. The molecule has 0 radical (unpaired) electrons. The van der Waals surface area contributed by atoms with Crippen LogP contribution in [0.2, 0.25) is 0 Å². The summed E-state index contributed by atoms with van der Waals surface area (Å²) in [6.45, 7) is 2.21. The fourth-order valence-electron chi connectivity index (χ4n) is 5.14. The molecule has 6 heteroatoms. The summed E-state index contributed by atoms with van der Waals surface area (Å²) >= 11 is 0. The van der Waals surface area contributed by atoms with E-state index in [0.29, 0.717) is 28.7 Å². The van der Waals surface area contributed by atoms with Crippen molar-refractivity contribution in [1.29, 1.82) is 0 Å². The molecule has 0 nitrogen and oxygen atoms in total. The smallest absolute Gasteiger partial charge is 0.206 e. The molecule has 1 fully saturated rings. The molecule has 0 aliphatic heterocycles. The molecule has 190 valence electrons. The molecule has 0 aromatic heterocycles. The Bertz CT molecular complexity index is 1190. The van der Waals surface area contributed by atoms with Crippen LogP contribution in [0.4, 0.5) is 26.3 Å². The molecular weight excluding hydrogens is 474 g/mol. The third-order valence-corrected chi connectivity index (χ3v) is 7.06. The first-order valence-corrected chi connectivity index (χ1v) is 12.3. The fraction of sp³-hybridized carbons (Fsp3) is 0.333. The molecule has 1 aliphatic rings. The van der Waals surface area contributed by atoms with Gasteiger partial charge in [0.25, 0.3) is 0 Å². The van der Waals surface area contributed by atoms with Crippen molar-refractivity contribution < 1.29 is 26.3 Å². The normalized spacial score (nSPS) is 18.6. The molecule has 0 unspecified atom stereocenters. The van der Waals surface area contributed by atoms with Crippen LogP contribution in [0.15, 0.2) is 60.7 Å². The standard InChI is InChI=1S/C30H28F6/c1-2-3-19-4-6-20(7-5-19)23-12-13-25(27(31)16-23)22-10-8-21(9-11-22)24-17-28(32)26(29(33)18-24)14-15-30(34,35)36/h8-20H,2-7H2,1H3. The molecule has 3 aromatic rings. The van der Waals surface area contributed by atoms with Gasteiger partial charge >= 0.3 is 6.18 Å². The van der Waals surface area contributed by atoms with Gasteiger partial charge in [0.2, 0.25) is 0 Å². The van der Waals surface area contributed by atoms with Crippen LogP contribution in [0.3, 0.4) is 0 Å². The first-order chi connectivity index (χ1) is 17.1. The van der Waals surface area contributed by atoms with Gasteiger partial charge in [-0.2, -0.15) is 13.2 Å². The van der Waals surface area contributed by atoms with Crippen LogP contribution in [-0.4, -0.2) is 6.18 Å². The largest absolute Gasteiger partial charge is 0.409 e. The van der Waals surface area contributed by atoms with E-state index in [0.717, 1.165) is 36.5 Å². The molecule has 36 heavy (non-hydrogen) atoms. The van der Waals surface area contributed by atoms with Gasteiger partial charge in [-0.25, -0.2) is 13.2 Å². The molecule has 0 bridgehead atoms. The summed E-state index contributed by atoms with van der Waals surface area (Å²) in [7, 11) is 0. The van der Waals surface area contributed by atoms with Gasteiger partial charge in [0.05, 0.1) is 0 Å². The Kier molecular flexibility index (Phi) is 7.91. The van der Waals surface area contributed by atoms with Crippen molar-refractivity contribution in [3.05, 3.63) is 89.3 Å². The van der Waals surface area contributed by atoms with Gasteiger partial charge in [0, 0.05) is 17.2 Å². The predicted molar refractivity (Wildman–Crippen MR) is 132 cm³/mol. The highest BCUT2D eigenvalue weighted by molar-refractivity contribution is 5.72. The molecule has 0 N–H and O–H groups in total. The lowest BCUT2D eigenvalue weighted by Gasteiger charge is -2.28. The maximum atomic E-state index is 15.0. The third-order valence-electron chi connectivity index (χ3n) is 7.06. The Hall–Kier alpha value is -3.02. The van der Waals surface area contributed by atoms with Crippen LogP contribution >= 0.6 is 0 Å². The molecule has 0 spiro atoms. The van der Waals surface area contributed by atoms with Crippen molar-refractivity contribution in [2.45, 2.75) is 57.5 Å². The zero-order chi connectivity index (χ0) is 25.9. The molecule has 0 saturated heterocycles.